The highest BCUT2D eigenvalue weighted by Gasteiger charge is 2.37. The maximum absolute atomic E-state index is 11.5. The number of nitrogens with zero attached hydrogens (tertiary/aromatic N) is 1. The number of nitrogens with one attached hydrogen (secondary N) is 1. The van der Waals surface area contributed by atoms with E-state index in [0.29, 0.717) is 11.8 Å². The van der Waals surface area contributed by atoms with Crippen molar-refractivity contribution in [3.05, 3.63) is 0 Å². The van der Waals surface area contributed by atoms with E-state index in [-0.39, 0.29) is 18.0 Å². The van der Waals surface area contributed by atoms with Crippen LogP contribution in [0.25, 0.3) is 0 Å². The van der Waals surface area contributed by atoms with Crippen LogP contribution in [0.3, 0.4) is 0 Å². The van der Waals surface area contributed by atoms with Crippen molar-refractivity contribution >= 4 is 11.9 Å². The molecule has 0 bridgehead atoms. The van der Waals surface area contributed by atoms with Gasteiger partial charge in [0, 0.05) is 26.1 Å². The topological polar surface area (TPSA) is 69.6 Å². The molecule has 1 heterocycles. The lowest BCUT2D eigenvalue weighted by Gasteiger charge is -2.31. The van der Waals surface area contributed by atoms with E-state index in [9.17, 15) is 14.7 Å². The van der Waals surface area contributed by atoms with Crippen molar-refractivity contribution in [1.29, 1.82) is 0 Å². The van der Waals surface area contributed by atoms with Gasteiger partial charge in [-0.25, -0.2) is 0 Å². The van der Waals surface area contributed by atoms with Gasteiger partial charge in [0.15, 0.2) is 0 Å². The summed E-state index contributed by atoms with van der Waals surface area (Å²) in [5.74, 6) is 0.0651. The first-order valence-electron chi connectivity index (χ1n) is 8.62. The lowest BCUT2D eigenvalue weighted by Crippen LogP contribution is -2.45. The lowest BCUT2D eigenvalue weighted by atomic mass is 9.95. The smallest absolute Gasteiger partial charge is 0.320 e. The van der Waals surface area contributed by atoms with E-state index in [1.807, 2.05) is 6.92 Å². The SMILES string of the molecule is CCCC(CN1C[C@@H](CCC)C[C@@H]1C(=O)O)C(C)NC(C)=O. The van der Waals surface area contributed by atoms with Crippen LogP contribution in [0.2, 0.25) is 0 Å². The molecular weight excluding hydrogens is 280 g/mol. The number of likely N-dealkylation sites (tertiary alicyclic amines) is 1. The molecule has 0 aromatic heterocycles. The number of carboxylic acid groups (broad SMARTS) is 1. The Kier molecular flexibility index (Phi) is 7.87. The van der Waals surface area contributed by atoms with Crippen molar-refractivity contribution in [3.63, 3.8) is 0 Å². The van der Waals surface area contributed by atoms with Crippen LogP contribution in [-0.2, 0) is 9.59 Å². The minimum Gasteiger partial charge on any atom is -0.480 e. The van der Waals surface area contributed by atoms with Gasteiger partial charge in [-0.2, -0.15) is 0 Å². The monoisotopic (exact) mass is 312 g/mol. The zero-order valence-corrected chi connectivity index (χ0v) is 14.5. The molecular formula is C17H32N2O3. The molecule has 1 aliphatic heterocycles. The number of carbonyl (C=O) groups is 2. The van der Waals surface area contributed by atoms with E-state index >= 15 is 0 Å². The lowest BCUT2D eigenvalue weighted by molar-refractivity contribution is -0.142. The van der Waals surface area contributed by atoms with Gasteiger partial charge >= 0.3 is 5.97 Å². The molecule has 1 rings (SSSR count). The number of carboxylic acids is 1. The maximum Gasteiger partial charge on any atom is 0.320 e. The third-order valence-corrected chi connectivity index (χ3v) is 4.74. The normalized spacial score (nSPS) is 24.9. The zero-order valence-electron chi connectivity index (χ0n) is 14.5. The Morgan fingerprint density at radius 1 is 1.32 bits per heavy atom. The molecule has 22 heavy (non-hydrogen) atoms. The predicted molar refractivity (Wildman–Crippen MR) is 87.7 cm³/mol. The largest absolute Gasteiger partial charge is 0.480 e. The van der Waals surface area contributed by atoms with Crippen LogP contribution < -0.4 is 5.32 Å². The van der Waals surface area contributed by atoms with Gasteiger partial charge < -0.3 is 10.4 Å². The summed E-state index contributed by atoms with van der Waals surface area (Å²) in [6, 6.07) is -0.280. The molecule has 4 atom stereocenters. The maximum atomic E-state index is 11.5. The molecule has 0 radical (unpaired) electrons. The Hall–Kier alpha value is -1.10. The highest BCUT2D eigenvalue weighted by molar-refractivity contribution is 5.74. The van der Waals surface area contributed by atoms with E-state index in [0.717, 1.165) is 45.2 Å². The summed E-state index contributed by atoms with van der Waals surface area (Å²) in [7, 11) is 0. The van der Waals surface area contributed by atoms with Gasteiger partial charge in [-0.3, -0.25) is 14.5 Å². The van der Waals surface area contributed by atoms with Gasteiger partial charge in [0.25, 0.3) is 0 Å². The predicted octanol–water partition coefficient (Wildman–Crippen LogP) is 2.50. The minimum absolute atomic E-state index is 0.0198. The summed E-state index contributed by atoms with van der Waals surface area (Å²) < 4.78 is 0. The van der Waals surface area contributed by atoms with Crippen molar-refractivity contribution in [2.75, 3.05) is 13.1 Å². The second-order valence-electron chi connectivity index (χ2n) is 6.74. The number of carbonyl (C=O) groups excluding carboxylic acids is 1. The molecule has 0 aromatic rings. The fourth-order valence-corrected chi connectivity index (χ4v) is 3.68. The van der Waals surface area contributed by atoms with Crippen molar-refractivity contribution in [2.45, 2.75) is 71.9 Å². The molecule has 2 N–H and O–H groups in total. The Balaban J connectivity index is 2.72. The molecule has 5 nitrogen and oxygen atoms in total. The van der Waals surface area contributed by atoms with Crippen LogP contribution in [-0.4, -0.2) is 47.1 Å². The van der Waals surface area contributed by atoms with Crippen molar-refractivity contribution in [1.82, 2.24) is 10.2 Å². The van der Waals surface area contributed by atoms with Gasteiger partial charge in [-0.1, -0.05) is 26.7 Å². The third-order valence-electron chi connectivity index (χ3n) is 4.74. The molecule has 0 aliphatic carbocycles. The highest BCUT2D eigenvalue weighted by Crippen LogP contribution is 2.29. The first-order valence-corrected chi connectivity index (χ1v) is 8.62. The molecule has 128 valence electrons. The first kappa shape index (κ1) is 18.9. The van der Waals surface area contributed by atoms with Crippen LogP contribution >= 0.6 is 0 Å². The fourth-order valence-electron chi connectivity index (χ4n) is 3.68. The molecule has 5 heteroatoms. The van der Waals surface area contributed by atoms with Crippen LogP contribution in [0, 0.1) is 11.8 Å². The standard InChI is InChI=1S/C17H32N2O3/c1-5-7-14-9-16(17(21)22)19(10-14)11-15(8-6-2)12(3)18-13(4)20/h12,14-16H,5-11H2,1-4H3,(H,18,20)(H,21,22)/t12?,14-,15?,16+/m0/s1. The second kappa shape index (κ2) is 9.13. The number of amides is 1. The van der Waals surface area contributed by atoms with Gasteiger partial charge in [0.2, 0.25) is 5.91 Å². The summed E-state index contributed by atoms with van der Waals surface area (Å²) in [5, 5.41) is 12.5. The molecule has 1 amide bonds. The Morgan fingerprint density at radius 2 is 2.00 bits per heavy atom. The second-order valence-corrected chi connectivity index (χ2v) is 6.74. The van der Waals surface area contributed by atoms with Gasteiger partial charge in [0.1, 0.15) is 6.04 Å². The van der Waals surface area contributed by atoms with Gasteiger partial charge in [-0.05, 0) is 38.0 Å². The van der Waals surface area contributed by atoms with Gasteiger partial charge in [0.05, 0.1) is 0 Å². The number of hydrogen-bond donors (Lipinski definition) is 2. The summed E-state index contributed by atoms with van der Waals surface area (Å²) in [6.45, 7) is 9.47. The van der Waals surface area contributed by atoms with Crippen LogP contribution in [0.5, 0.6) is 0 Å². The molecule has 1 saturated heterocycles. The Bertz CT molecular complexity index is 373. The van der Waals surface area contributed by atoms with Crippen molar-refractivity contribution < 1.29 is 14.7 Å². The average molecular weight is 312 g/mol. The Labute approximate surface area is 134 Å². The fraction of sp³-hybridized carbons (Fsp3) is 0.882. The van der Waals surface area contributed by atoms with Gasteiger partial charge in [-0.15, -0.1) is 0 Å². The van der Waals surface area contributed by atoms with Crippen LogP contribution in [0.15, 0.2) is 0 Å². The molecule has 2 unspecified atom stereocenters. The van der Waals surface area contributed by atoms with E-state index < -0.39 is 5.97 Å². The third kappa shape index (κ3) is 5.59. The number of hydrogen-bond acceptors (Lipinski definition) is 3. The van der Waals surface area contributed by atoms with Crippen molar-refractivity contribution in [2.24, 2.45) is 11.8 Å². The average Bonchev–Trinajstić information content (AvgIpc) is 2.81. The summed E-state index contributed by atoms with van der Waals surface area (Å²) in [4.78, 5) is 25.0. The van der Waals surface area contributed by atoms with Crippen molar-refractivity contribution in [3.8, 4) is 0 Å². The Morgan fingerprint density at radius 3 is 2.50 bits per heavy atom. The van der Waals surface area contributed by atoms with E-state index in [2.05, 4.69) is 24.1 Å². The molecule has 1 aliphatic rings. The zero-order chi connectivity index (χ0) is 16.7. The molecule has 1 fully saturated rings. The first-order chi connectivity index (χ1) is 10.4. The number of aliphatic carboxylic acids is 1. The van der Waals surface area contributed by atoms with Crippen LogP contribution in [0.4, 0.5) is 0 Å². The van der Waals surface area contributed by atoms with Crippen LogP contribution in [0.1, 0.15) is 59.8 Å². The van der Waals surface area contributed by atoms with E-state index in [1.165, 1.54) is 6.92 Å². The molecule has 0 saturated carbocycles. The molecule has 0 spiro atoms. The summed E-state index contributed by atoms with van der Waals surface area (Å²) in [6.07, 6.45) is 5.00. The van der Waals surface area contributed by atoms with E-state index in [1.54, 1.807) is 0 Å². The number of rotatable bonds is 9. The molecule has 0 aromatic carbocycles. The minimum atomic E-state index is -0.707. The highest BCUT2D eigenvalue weighted by atomic mass is 16.4. The summed E-state index contributed by atoms with van der Waals surface area (Å²) in [5.41, 5.74) is 0. The summed E-state index contributed by atoms with van der Waals surface area (Å²) >= 11 is 0. The van der Waals surface area contributed by atoms with E-state index in [4.69, 9.17) is 0 Å². The quantitative estimate of drug-likeness (QED) is 0.686.